The highest BCUT2D eigenvalue weighted by atomic mass is 32.1. The van der Waals surface area contributed by atoms with Crippen LogP contribution in [-0.2, 0) is 16.0 Å². The molecule has 1 N–H and O–H groups in total. The zero-order valence-corrected chi connectivity index (χ0v) is 32.5. The Kier molecular flexibility index (Phi) is 12.0. The van der Waals surface area contributed by atoms with E-state index in [1.807, 2.05) is 43.5 Å². The van der Waals surface area contributed by atoms with Crippen LogP contribution in [0.2, 0.25) is 0 Å². The lowest BCUT2D eigenvalue weighted by Gasteiger charge is -2.52. The molecule has 3 aromatic heterocycles. The quantitative estimate of drug-likeness (QED) is 0.194. The van der Waals surface area contributed by atoms with E-state index in [0.717, 1.165) is 53.6 Å². The van der Waals surface area contributed by atoms with E-state index < -0.39 is 0 Å². The fraction of sp³-hybridized carbons (Fsp3) is 0.326. The molecule has 0 atom stereocenters. The van der Waals surface area contributed by atoms with Crippen LogP contribution in [0.5, 0.6) is 0 Å². The minimum absolute atomic E-state index is 0. The van der Waals surface area contributed by atoms with Crippen LogP contribution in [-0.4, -0.2) is 54.5 Å². The van der Waals surface area contributed by atoms with Crippen LogP contribution in [0.25, 0.3) is 31.8 Å². The minimum atomic E-state index is -0.340. The molecule has 7 nitrogen and oxygen atoms in total. The third-order valence-electron chi connectivity index (χ3n) is 10.4. The number of aromatic nitrogens is 2. The molecule has 2 fully saturated rings. The number of hydrogen-bond donors (Lipinski definition) is 1. The predicted octanol–water partition coefficient (Wildman–Crippen LogP) is 10.8. The van der Waals surface area contributed by atoms with Gasteiger partial charge in [0.15, 0.2) is 0 Å². The van der Waals surface area contributed by atoms with Gasteiger partial charge in [0.1, 0.15) is 17.4 Å². The van der Waals surface area contributed by atoms with Crippen LogP contribution in [0, 0.1) is 32.0 Å². The fourth-order valence-electron chi connectivity index (χ4n) is 7.44. The Balaban J connectivity index is 0.000000204. The predicted molar refractivity (Wildman–Crippen MR) is 225 cm³/mol. The van der Waals surface area contributed by atoms with Gasteiger partial charge in [0.2, 0.25) is 0 Å². The molecule has 1 spiro atoms. The number of nitrogens with one attached hydrogen (secondary N) is 1. The maximum absolute atomic E-state index is 14.4. The van der Waals surface area contributed by atoms with E-state index in [9.17, 15) is 14.0 Å². The number of anilines is 2. The van der Waals surface area contributed by atoms with Crippen LogP contribution in [0.1, 0.15) is 66.7 Å². The molecule has 0 bridgehead atoms. The highest BCUT2D eigenvalue weighted by Crippen LogP contribution is 2.46. The first-order valence-corrected chi connectivity index (χ1v) is 19.4. The van der Waals surface area contributed by atoms with E-state index in [4.69, 9.17) is 4.74 Å². The summed E-state index contributed by atoms with van der Waals surface area (Å²) in [4.78, 5) is 37.1. The third-order valence-corrected chi connectivity index (χ3v) is 11.6. The summed E-state index contributed by atoms with van der Waals surface area (Å²) >= 11 is 1.71. The number of ether oxygens (including phenoxy) is 1. The Morgan fingerprint density at radius 1 is 0.855 bits per heavy atom. The van der Waals surface area contributed by atoms with Crippen molar-refractivity contribution in [2.45, 2.75) is 61.3 Å². The Morgan fingerprint density at radius 3 is 2.24 bits per heavy atom. The molecule has 9 heteroatoms. The Labute approximate surface area is 328 Å². The molecular weight excluding hydrogens is 708 g/mol. The van der Waals surface area contributed by atoms with Crippen molar-refractivity contribution in [1.82, 2.24) is 9.97 Å². The molecule has 2 saturated heterocycles. The molecule has 3 aliphatic heterocycles. The van der Waals surface area contributed by atoms with Gasteiger partial charge in [-0.3, -0.25) is 4.79 Å². The van der Waals surface area contributed by atoms with Gasteiger partial charge < -0.3 is 24.3 Å². The number of aryl methyl sites for hydroxylation is 3. The number of Topliss-reactive ketones (excluding diaryl/α,β-unsaturated/α-hetero) is 1. The standard InChI is InChI=1S/C29H23FN2OS.C13H18N2O.C3H6O.CH4/c1-17-3-6-19(7-4-17)29(33)32-12-11-20-14-27(24-16-31-25-10-5-18(2)13-23(24)25)34-28(20)22-9-8-21(30)15-26(22)32;1-11-2-3-12(14-8-11)15-9-13(10-15)4-6-16-7-5-13;1-3(2)4;/h3-10,13-16,31H,11-12H2,1-2H3;2-3,8H,4-7,9-10H2,1H3;1-2H3;1H4. The van der Waals surface area contributed by atoms with E-state index in [2.05, 4.69) is 71.3 Å². The summed E-state index contributed by atoms with van der Waals surface area (Å²) in [5.74, 6) is 0.852. The molecular formula is C46H51FN4O3S. The lowest BCUT2D eigenvalue weighted by molar-refractivity contribution is -0.115. The summed E-state index contributed by atoms with van der Waals surface area (Å²) in [5, 5.41) is 1.20. The van der Waals surface area contributed by atoms with Crippen molar-refractivity contribution >= 4 is 45.4 Å². The summed E-state index contributed by atoms with van der Waals surface area (Å²) in [6.07, 6.45) is 7.16. The normalized spacial score (nSPS) is 15.2. The van der Waals surface area contributed by atoms with E-state index in [1.165, 1.54) is 71.3 Å². The van der Waals surface area contributed by atoms with E-state index in [-0.39, 0.29) is 24.9 Å². The number of H-pyrrole nitrogens is 1. The molecule has 0 unspecified atom stereocenters. The van der Waals surface area contributed by atoms with Gasteiger partial charge in [-0.1, -0.05) is 42.8 Å². The fourth-order valence-corrected chi connectivity index (χ4v) is 8.72. The molecule has 0 radical (unpaired) electrons. The van der Waals surface area contributed by atoms with Gasteiger partial charge in [-0.05, 0) is 120 Å². The number of nitrogens with zero attached hydrogens (tertiary/aromatic N) is 3. The highest BCUT2D eigenvalue weighted by molar-refractivity contribution is 7.19. The second-order valence-electron chi connectivity index (χ2n) is 15.0. The second kappa shape index (κ2) is 16.7. The van der Waals surface area contributed by atoms with Crippen molar-refractivity contribution in [3.8, 4) is 20.9 Å². The number of rotatable bonds is 3. The third kappa shape index (κ3) is 8.74. The van der Waals surface area contributed by atoms with Gasteiger partial charge in [0.05, 0.1) is 5.69 Å². The number of benzene rings is 3. The summed E-state index contributed by atoms with van der Waals surface area (Å²) < 4.78 is 19.8. The molecule has 286 valence electrons. The maximum Gasteiger partial charge on any atom is 0.258 e. The number of amides is 1. The van der Waals surface area contributed by atoms with E-state index in [0.29, 0.717) is 29.6 Å². The van der Waals surface area contributed by atoms with Crippen LogP contribution < -0.4 is 9.80 Å². The number of halogens is 1. The van der Waals surface area contributed by atoms with Crippen LogP contribution in [0.4, 0.5) is 15.9 Å². The molecule has 3 aliphatic rings. The summed E-state index contributed by atoms with van der Waals surface area (Å²) in [6, 6.07) is 25.3. The van der Waals surface area contributed by atoms with Crippen molar-refractivity contribution in [2.75, 3.05) is 42.6 Å². The number of aromatic amines is 1. The molecule has 6 aromatic rings. The topological polar surface area (TPSA) is 78.5 Å². The number of carbonyl (C=O) groups is 2. The minimum Gasteiger partial charge on any atom is -0.381 e. The first kappa shape index (κ1) is 39.6. The van der Waals surface area contributed by atoms with Gasteiger partial charge in [0.25, 0.3) is 5.91 Å². The number of carbonyl (C=O) groups excluding carboxylic acids is 2. The smallest absolute Gasteiger partial charge is 0.258 e. The monoisotopic (exact) mass is 758 g/mol. The van der Waals surface area contributed by atoms with Crippen molar-refractivity contribution in [2.24, 2.45) is 5.41 Å². The van der Waals surface area contributed by atoms with Gasteiger partial charge >= 0.3 is 0 Å². The molecule has 0 aliphatic carbocycles. The average molecular weight is 759 g/mol. The first-order chi connectivity index (χ1) is 26.0. The molecule has 9 rings (SSSR count). The Morgan fingerprint density at radius 2 is 1.55 bits per heavy atom. The van der Waals surface area contributed by atoms with Crippen LogP contribution >= 0.6 is 11.3 Å². The van der Waals surface area contributed by atoms with Gasteiger partial charge in [-0.2, -0.15) is 0 Å². The number of pyridine rings is 1. The second-order valence-corrected chi connectivity index (χ2v) is 16.1. The van der Waals surface area contributed by atoms with E-state index in [1.54, 1.807) is 16.2 Å². The van der Waals surface area contributed by atoms with E-state index >= 15 is 0 Å². The maximum atomic E-state index is 14.4. The van der Waals surface area contributed by atoms with Crippen molar-refractivity contribution < 1.29 is 18.7 Å². The number of thiophene rings is 1. The number of fused-ring (bicyclic) bond motifs is 4. The van der Waals surface area contributed by atoms with Gasteiger partial charge in [-0.25, -0.2) is 9.37 Å². The SMILES string of the molecule is C.CC(C)=O.Cc1ccc(C(=O)N2CCc3cc(-c4c[nH]c5ccc(C)cc45)sc3-c3ccc(F)cc32)cc1.Cc1ccc(N2CC3(CCOCC3)C2)nc1. The molecule has 55 heavy (non-hydrogen) atoms. The average Bonchev–Trinajstić information content (AvgIpc) is 3.72. The van der Waals surface area contributed by atoms with Gasteiger partial charge in [0, 0.05) is 88.0 Å². The van der Waals surface area contributed by atoms with Crippen molar-refractivity contribution in [1.29, 1.82) is 0 Å². The number of hydrogen-bond acceptors (Lipinski definition) is 6. The zero-order chi connectivity index (χ0) is 38.0. The first-order valence-electron chi connectivity index (χ1n) is 18.6. The molecule has 0 saturated carbocycles. The molecule has 1 amide bonds. The Bertz CT molecular complexity index is 2280. The van der Waals surface area contributed by atoms with Crippen LogP contribution in [0.15, 0.2) is 91.3 Å². The number of ketones is 1. The Hall–Kier alpha value is -5.12. The zero-order valence-electron chi connectivity index (χ0n) is 31.7. The van der Waals surface area contributed by atoms with Crippen molar-refractivity contribution in [3.63, 3.8) is 0 Å². The highest BCUT2D eigenvalue weighted by Gasteiger charge is 2.44. The lowest BCUT2D eigenvalue weighted by Crippen LogP contribution is -2.58. The van der Waals surface area contributed by atoms with Crippen molar-refractivity contribution in [3.05, 3.63) is 125 Å². The molecule has 6 heterocycles. The summed E-state index contributed by atoms with van der Waals surface area (Å²) in [6.45, 7) is 13.9. The lowest BCUT2D eigenvalue weighted by atomic mass is 9.73. The summed E-state index contributed by atoms with van der Waals surface area (Å²) in [5.41, 5.74) is 9.70. The largest absolute Gasteiger partial charge is 0.381 e. The summed E-state index contributed by atoms with van der Waals surface area (Å²) in [7, 11) is 0. The van der Waals surface area contributed by atoms with Gasteiger partial charge in [-0.15, -0.1) is 11.3 Å². The molecule has 3 aromatic carbocycles. The van der Waals surface area contributed by atoms with Crippen LogP contribution in [0.3, 0.4) is 0 Å².